The van der Waals surface area contributed by atoms with E-state index >= 15 is 0 Å². The van der Waals surface area contributed by atoms with Gasteiger partial charge >= 0.3 is 6.18 Å². The summed E-state index contributed by atoms with van der Waals surface area (Å²) in [5.74, 6) is -0.731. The maximum Gasteiger partial charge on any atom is 0.416 e. The molecule has 4 heterocycles. The van der Waals surface area contributed by atoms with Crippen molar-refractivity contribution in [1.29, 1.82) is 0 Å². The smallest absolute Gasteiger partial charge is 0.416 e. The van der Waals surface area contributed by atoms with Gasteiger partial charge in [-0.2, -0.15) is 18.3 Å². The molecule has 7 nitrogen and oxygen atoms in total. The highest BCUT2D eigenvalue weighted by molar-refractivity contribution is 5.65. The maximum atomic E-state index is 14.7. The highest BCUT2D eigenvalue weighted by Gasteiger charge is 2.39. The third kappa shape index (κ3) is 4.48. The van der Waals surface area contributed by atoms with Gasteiger partial charge in [-0.15, -0.1) is 0 Å². The molecule has 0 aliphatic carbocycles. The number of aromatic nitrogens is 6. The molecule has 1 atom stereocenters. The molecule has 0 N–H and O–H groups in total. The van der Waals surface area contributed by atoms with Crippen molar-refractivity contribution < 1.29 is 22.3 Å². The molecular weight excluding hydrogens is 476 g/mol. The Morgan fingerprint density at radius 1 is 1.11 bits per heavy atom. The quantitative estimate of drug-likeness (QED) is 0.343. The molecule has 1 aliphatic heterocycles. The van der Waals surface area contributed by atoms with Gasteiger partial charge in [0.2, 0.25) is 5.88 Å². The summed E-state index contributed by atoms with van der Waals surface area (Å²) >= 11 is 0. The number of aryl methyl sites for hydroxylation is 2. The number of hydrogen-bond donors (Lipinski definition) is 0. The first-order valence-corrected chi connectivity index (χ1v) is 11.3. The van der Waals surface area contributed by atoms with Crippen molar-refractivity contribution in [1.82, 2.24) is 29.3 Å². The van der Waals surface area contributed by atoms with Gasteiger partial charge in [0, 0.05) is 24.2 Å². The SMILES string of the molecule is COc1nc(C=Cc2nc3n(n2)CCC[C@H]3c2c(F)cccc2C(F)(F)F)ccc1-n1cnc(C)c1. The monoisotopic (exact) mass is 498 g/mol. The van der Waals surface area contributed by atoms with Gasteiger partial charge in [0.05, 0.1) is 30.4 Å². The molecule has 0 spiro atoms. The van der Waals surface area contributed by atoms with Crippen molar-refractivity contribution in [2.45, 2.75) is 38.4 Å². The van der Waals surface area contributed by atoms with Gasteiger partial charge in [-0.1, -0.05) is 6.07 Å². The molecule has 3 aromatic heterocycles. The van der Waals surface area contributed by atoms with Gasteiger partial charge in [0.25, 0.3) is 0 Å². The summed E-state index contributed by atoms with van der Waals surface area (Å²) in [6.45, 7) is 2.37. The Hall–Kier alpha value is -4.02. The van der Waals surface area contributed by atoms with Crippen molar-refractivity contribution in [3.05, 3.63) is 82.8 Å². The van der Waals surface area contributed by atoms with Gasteiger partial charge in [0.1, 0.15) is 17.3 Å². The Kier molecular flexibility index (Phi) is 6.07. The zero-order valence-electron chi connectivity index (χ0n) is 19.5. The maximum absolute atomic E-state index is 14.7. The van der Waals surface area contributed by atoms with Crippen LogP contribution in [0.3, 0.4) is 0 Å². The van der Waals surface area contributed by atoms with Gasteiger partial charge in [0.15, 0.2) is 5.82 Å². The number of rotatable bonds is 5. The lowest BCUT2D eigenvalue weighted by Crippen LogP contribution is -2.22. The molecule has 5 rings (SSSR count). The third-order valence-corrected chi connectivity index (χ3v) is 6.05. The molecule has 11 heteroatoms. The van der Waals surface area contributed by atoms with Crippen LogP contribution in [0.15, 0.2) is 42.9 Å². The van der Waals surface area contributed by atoms with Crippen LogP contribution < -0.4 is 4.74 Å². The minimum atomic E-state index is -4.67. The predicted octanol–water partition coefficient (Wildman–Crippen LogP) is 5.43. The van der Waals surface area contributed by atoms with E-state index in [9.17, 15) is 17.6 Å². The summed E-state index contributed by atoms with van der Waals surface area (Å²) in [5.41, 5.74) is 0.785. The Balaban J connectivity index is 1.45. The van der Waals surface area contributed by atoms with E-state index in [0.29, 0.717) is 42.6 Å². The zero-order valence-corrected chi connectivity index (χ0v) is 19.5. The van der Waals surface area contributed by atoms with Crippen LogP contribution in [-0.4, -0.2) is 36.4 Å². The highest BCUT2D eigenvalue weighted by Crippen LogP contribution is 2.41. The van der Waals surface area contributed by atoms with E-state index in [1.807, 2.05) is 19.2 Å². The molecule has 0 radical (unpaired) electrons. The van der Waals surface area contributed by atoms with E-state index in [2.05, 4.69) is 20.1 Å². The second-order valence-corrected chi connectivity index (χ2v) is 8.47. The molecule has 1 aromatic carbocycles. The largest absolute Gasteiger partial charge is 0.479 e. The van der Waals surface area contributed by atoms with Crippen LogP contribution in [0, 0.1) is 12.7 Å². The van der Waals surface area contributed by atoms with E-state index in [1.54, 1.807) is 33.8 Å². The Morgan fingerprint density at radius 2 is 1.94 bits per heavy atom. The average molecular weight is 498 g/mol. The fourth-order valence-corrected chi connectivity index (χ4v) is 4.45. The van der Waals surface area contributed by atoms with E-state index in [0.717, 1.165) is 29.6 Å². The molecule has 0 saturated heterocycles. The molecule has 186 valence electrons. The van der Waals surface area contributed by atoms with Crippen LogP contribution in [0.4, 0.5) is 17.6 Å². The fourth-order valence-electron chi connectivity index (χ4n) is 4.45. The molecule has 0 amide bonds. The van der Waals surface area contributed by atoms with Crippen molar-refractivity contribution in [2.24, 2.45) is 0 Å². The fraction of sp³-hybridized carbons (Fsp3) is 0.280. The molecular formula is C25H22F4N6O. The summed E-state index contributed by atoms with van der Waals surface area (Å²) in [7, 11) is 1.52. The minimum Gasteiger partial charge on any atom is -0.479 e. The predicted molar refractivity (Wildman–Crippen MR) is 124 cm³/mol. The number of pyridine rings is 1. The van der Waals surface area contributed by atoms with E-state index < -0.39 is 23.5 Å². The standard InChI is InChI=1S/C25H22F4N6O/c1-15-13-34(14-30-15)20-10-8-16(31-24(20)36-2)9-11-21-32-23-17(5-4-12-35(23)33-21)22-18(25(27,28)29)6-3-7-19(22)26/h3,6-11,13-14,17H,4-5,12H2,1-2H3/t17-/m0/s1. The Bertz CT molecular complexity index is 1440. The number of nitrogens with zero attached hydrogens (tertiary/aromatic N) is 6. The van der Waals surface area contributed by atoms with Gasteiger partial charge < -0.3 is 9.30 Å². The number of benzene rings is 1. The third-order valence-electron chi connectivity index (χ3n) is 6.05. The molecule has 0 fully saturated rings. The summed E-state index contributed by atoms with van der Waals surface area (Å²) in [5, 5.41) is 4.42. The Labute approximate surface area is 204 Å². The van der Waals surface area contributed by atoms with Crippen molar-refractivity contribution in [3.8, 4) is 11.6 Å². The number of alkyl halides is 3. The Morgan fingerprint density at radius 3 is 2.67 bits per heavy atom. The first kappa shape index (κ1) is 23.7. The van der Waals surface area contributed by atoms with Gasteiger partial charge in [-0.25, -0.2) is 24.0 Å². The van der Waals surface area contributed by atoms with Gasteiger partial charge in [-0.05, 0) is 56.2 Å². The van der Waals surface area contributed by atoms with E-state index in [1.165, 1.54) is 7.11 Å². The van der Waals surface area contributed by atoms with Crippen LogP contribution in [0.25, 0.3) is 17.8 Å². The number of imidazole rings is 1. The topological polar surface area (TPSA) is 70.7 Å². The van der Waals surface area contributed by atoms with Crippen LogP contribution in [-0.2, 0) is 12.7 Å². The number of fused-ring (bicyclic) bond motifs is 1. The highest BCUT2D eigenvalue weighted by atomic mass is 19.4. The van der Waals surface area contributed by atoms with Crippen molar-refractivity contribution in [2.75, 3.05) is 7.11 Å². The summed E-state index contributed by atoms with van der Waals surface area (Å²) in [4.78, 5) is 13.2. The lowest BCUT2D eigenvalue weighted by atomic mass is 9.87. The van der Waals surface area contributed by atoms with Crippen LogP contribution in [0.1, 0.15) is 52.9 Å². The number of ether oxygens (including phenoxy) is 1. The number of hydrogen-bond acceptors (Lipinski definition) is 5. The first-order chi connectivity index (χ1) is 17.2. The van der Waals surface area contributed by atoms with Crippen molar-refractivity contribution in [3.63, 3.8) is 0 Å². The summed E-state index contributed by atoms with van der Waals surface area (Å²) in [6, 6.07) is 6.66. The van der Waals surface area contributed by atoms with Crippen LogP contribution >= 0.6 is 0 Å². The molecule has 0 bridgehead atoms. The van der Waals surface area contributed by atoms with E-state index in [4.69, 9.17) is 4.74 Å². The average Bonchev–Trinajstić information content (AvgIpc) is 3.47. The molecule has 0 unspecified atom stereocenters. The number of methoxy groups -OCH3 is 1. The molecule has 0 saturated carbocycles. The summed E-state index contributed by atoms with van der Waals surface area (Å²) < 4.78 is 64.3. The van der Waals surface area contributed by atoms with Crippen LogP contribution in [0.5, 0.6) is 5.88 Å². The van der Waals surface area contributed by atoms with Crippen molar-refractivity contribution >= 4 is 12.2 Å². The lowest BCUT2D eigenvalue weighted by molar-refractivity contribution is -0.138. The minimum absolute atomic E-state index is 0.303. The number of halogens is 4. The van der Waals surface area contributed by atoms with Crippen LogP contribution in [0.2, 0.25) is 0 Å². The first-order valence-electron chi connectivity index (χ1n) is 11.3. The molecule has 36 heavy (non-hydrogen) atoms. The zero-order chi connectivity index (χ0) is 25.4. The lowest BCUT2D eigenvalue weighted by Gasteiger charge is -2.25. The normalized spacial score (nSPS) is 15.9. The van der Waals surface area contributed by atoms with E-state index in [-0.39, 0.29) is 5.56 Å². The molecule has 4 aromatic rings. The second-order valence-electron chi connectivity index (χ2n) is 8.47. The molecule has 1 aliphatic rings. The van der Waals surface area contributed by atoms with Gasteiger partial charge in [-0.3, -0.25) is 0 Å². The summed E-state index contributed by atoms with van der Waals surface area (Å²) in [6.07, 6.45) is 3.06. The second kappa shape index (κ2) is 9.21.